The van der Waals surface area contributed by atoms with Crippen molar-refractivity contribution in [1.82, 2.24) is 10.2 Å². The summed E-state index contributed by atoms with van der Waals surface area (Å²) in [4.78, 5) is 28.5. The Balaban J connectivity index is 1.44. The molecule has 1 aliphatic rings. The van der Waals surface area contributed by atoms with E-state index in [-0.39, 0.29) is 23.6 Å². The van der Waals surface area contributed by atoms with E-state index in [1.165, 1.54) is 23.1 Å². The Morgan fingerprint density at radius 1 is 1.03 bits per heavy atom. The van der Waals surface area contributed by atoms with Crippen molar-refractivity contribution in [1.29, 1.82) is 0 Å². The van der Waals surface area contributed by atoms with Gasteiger partial charge in [0.2, 0.25) is 16.9 Å². The highest BCUT2D eigenvalue weighted by Crippen LogP contribution is 2.36. The van der Waals surface area contributed by atoms with Gasteiger partial charge >= 0.3 is 0 Å². The molecular weight excluding hydrogens is 416 g/mol. The molecule has 0 bridgehead atoms. The van der Waals surface area contributed by atoms with Gasteiger partial charge in [-0.25, -0.2) is 0 Å². The van der Waals surface area contributed by atoms with E-state index in [0.717, 1.165) is 24.1 Å². The second-order valence-corrected chi connectivity index (χ2v) is 9.24. The highest BCUT2D eigenvalue weighted by molar-refractivity contribution is 8.01. The Hall–Kier alpha value is -2.71. The van der Waals surface area contributed by atoms with Crippen molar-refractivity contribution in [2.75, 3.05) is 15.6 Å². The molecule has 2 aromatic carbocycles. The maximum absolute atomic E-state index is 13.1. The van der Waals surface area contributed by atoms with Gasteiger partial charge in [0, 0.05) is 18.7 Å². The minimum atomic E-state index is -0.0145. The zero-order valence-electron chi connectivity index (χ0n) is 16.6. The van der Waals surface area contributed by atoms with Crippen LogP contribution in [0.5, 0.6) is 0 Å². The fraction of sp³-hybridized carbons (Fsp3) is 0.273. The van der Waals surface area contributed by atoms with E-state index in [1.807, 2.05) is 60.7 Å². The summed E-state index contributed by atoms with van der Waals surface area (Å²) < 4.78 is 0.693. The summed E-state index contributed by atoms with van der Waals surface area (Å²) in [6.45, 7) is 2.06. The van der Waals surface area contributed by atoms with Crippen LogP contribution in [0.3, 0.4) is 0 Å². The SMILES string of the molecule is CC(=O)N(c1nnc(SCC(=O)N(Cc2ccccc2)c2ccccc2)s1)C1CC1. The first-order valence-electron chi connectivity index (χ1n) is 9.77. The van der Waals surface area contributed by atoms with E-state index >= 15 is 0 Å². The van der Waals surface area contributed by atoms with Crippen LogP contribution in [0.4, 0.5) is 10.8 Å². The van der Waals surface area contributed by atoms with E-state index in [2.05, 4.69) is 10.2 Å². The lowest BCUT2D eigenvalue weighted by Gasteiger charge is -2.22. The average Bonchev–Trinajstić information content (AvgIpc) is 3.48. The number of para-hydroxylation sites is 1. The number of hydrogen-bond acceptors (Lipinski definition) is 6. The van der Waals surface area contributed by atoms with E-state index in [1.54, 1.807) is 16.7 Å². The van der Waals surface area contributed by atoms with Gasteiger partial charge in [-0.15, -0.1) is 10.2 Å². The molecule has 8 heteroatoms. The van der Waals surface area contributed by atoms with Crippen LogP contribution in [0, 0.1) is 0 Å². The maximum Gasteiger partial charge on any atom is 0.237 e. The van der Waals surface area contributed by atoms with Gasteiger partial charge in [-0.05, 0) is 30.5 Å². The van der Waals surface area contributed by atoms with Crippen molar-refractivity contribution in [3.8, 4) is 0 Å². The number of thioether (sulfide) groups is 1. The van der Waals surface area contributed by atoms with Gasteiger partial charge in [0.25, 0.3) is 0 Å². The molecule has 30 heavy (non-hydrogen) atoms. The van der Waals surface area contributed by atoms with Crippen LogP contribution in [0.25, 0.3) is 0 Å². The van der Waals surface area contributed by atoms with Crippen LogP contribution in [0.2, 0.25) is 0 Å². The smallest absolute Gasteiger partial charge is 0.237 e. The minimum absolute atomic E-state index is 0.00239. The van der Waals surface area contributed by atoms with Crippen molar-refractivity contribution in [2.24, 2.45) is 0 Å². The van der Waals surface area contributed by atoms with Crippen LogP contribution in [-0.4, -0.2) is 33.8 Å². The van der Waals surface area contributed by atoms with Crippen molar-refractivity contribution in [3.63, 3.8) is 0 Å². The Labute approximate surface area is 183 Å². The van der Waals surface area contributed by atoms with Gasteiger partial charge < -0.3 is 4.90 Å². The summed E-state index contributed by atoms with van der Waals surface area (Å²) >= 11 is 2.73. The number of carbonyl (C=O) groups excluding carboxylic acids is 2. The molecule has 2 amide bonds. The number of amides is 2. The lowest BCUT2D eigenvalue weighted by Crippen LogP contribution is -2.31. The Morgan fingerprint density at radius 3 is 2.33 bits per heavy atom. The second-order valence-electron chi connectivity index (χ2n) is 7.06. The third-order valence-electron chi connectivity index (χ3n) is 4.72. The first kappa shape index (κ1) is 20.6. The molecule has 6 nitrogen and oxygen atoms in total. The topological polar surface area (TPSA) is 66.4 Å². The maximum atomic E-state index is 13.1. The lowest BCUT2D eigenvalue weighted by atomic mass is 10.2. The molecule has 154 valence electrons. The summed E-state index contributed by atoms with van der Waals surface area (Å²) in [5.41, 5.74) is 1.93. The number of aromatic nitrogens is 2. The predicted octanol–water partition coefficient (Wildman–Crippen LogP) is 4.38. The zero-order chi connectivity index (χ0) is 20.9. The van der Waals surface area contributed by atoms with E-state index in [4.69, 9.17) is 0 Å². The summed E-state index contributed by atoms with van der Waals surface area (Å²) in [7, 11) is 0. The molecule has 3 aromatic rings. The summed E-state index contributed by atoms with van der Waals surface area (Å²) in [6.07, 6.45) is 2.01. The number of anilines is 2. The van der Waals surface area contributed by atoms with Crippen LogP contribution < -0.4 is 9.80 Å². The quantitative estimate of drug-likeness (QED) is 0.386. The Morgan fingerprint density at radius 2 is 1.70 bits per heavy atom. The molecule has 0 N–H and O–H groups in total. The van der Waals surface area contributed by atoms with Crippen molar-refractivity contribution in [2.45, 2.75) is 36.7 Å². The fourth-order valence-corrected chi connectivity index (χ4v) is 4.97. The highest BCUT2D eigenvalue weighted by Gasteiger charge is 2.34. The lowest BCUT2D eigenvalue weighted by molar-refractivity contribution is -0.117. The summed E-state index contributed by atoms with van der Waals surface area (Å²) in [6, 6.07) is 19.9. The molecular formula is C22H22N4O2S2. The average molecular weight is 439 g/mol. The number of nitrogens with zero attached hydrogens (tertiary/aromatic N) is 4. The standard InChI is InChI=1S/C22H22N4O2S2/c1-16(27)26(19-12-13-19)21-23-24-22(30-21)29-15-20(28)25(18-10-6-3-7-11-18)14-17-8-4-2-5-9-17/h2-11,19H,12-15H2,1H3. The molecule has 1 saturated carbocycles. The van der Waals surface area contributed by atoms with Gasteiger partial charge in [-0.2, -0.15) is 0 Å². The highest BCUT2D eigenvalue weighted by atomic mass is 32.2. The van der Waals surface area contributed by atoms with Crippen LogP contribution in [-0.2, 0) is 16.1 Å². The second kappa shape index (κ2) is 9.40. The number of rotatable bonds is 8. The number of carbonyl (C=O) groups is 2. The van der Waals surface area contributed by atoms with Crippen LogP contribution >= 0.6 is 23.1 Å². The van der Waals surface area contributed by atoms with Gasteiger partial charge in [0.15, 0.2) is 4.34 Å². The largest absolute Gasteiger partial charge is 0.307 e. The molecule has 0 radical (unpaired) electrons. The van der Waals surface area contributed by atoms with E-state index in [9.17, 15) is 9.59 Å². The van der Waals surface area contributed by atoms with Gasteiger partial charge in [0.05, 0.1) is 12.3 Å². The molecule has 1 heterocycles. The van der Waals surface area contributed by atoms with Crippen LogP contribution in [0.15, 0.2) is 65.0 Å². The Bertz CT molecular complexity index is 1010. The zero-order valence-corrected chi connectivity index (χ0v) is 18.2. The molecule has 0 spiro atoms. The molecule has 4 rings (SSSR count). The fourth-order valence-electron chi connectivity index (χ4n) is 3.14. The van der Waals surface area contributed by atoms with Gasteiger partial charge in [-0.1, -0.05) is 71.6 Å². The summed E-state index contributed by atoms with van der Waals surface area (Å²) in [5, 5.41) is 8.98. The molecule has 1 aliphatic carbocycles. The van der Waals surface area contributed by atoms with Crippen molar-refractivity contribution in [3.05, 3.63) is 66.2 Å². The third kappa shape index (κ3) is 5.06. The molecule has 0 saturated heterocycles. The number of benzene rings is 2. The summed E-state index contributed by atoms with van der Waals surface area (Å²) in [5.74, 6) is 0.233. The number of hydrogen-bond donors (Lipinski definition) is 0. The molecule has 1 aromatic heterocycles. The van der Waals surface area contributed by atoms with E-state index in [0.29, 0.717) is 16.0 Å². The molecule has 0 atom stereocenters. The first-order chi connectivity index (χ1) is 14.6. The van der Waals surface area contributed by atoms with Crippen LogP contribution in [0.1, 0.15) is 25.3 Å². The normalized spacial score (nSPS) is 13.1. The third-order valence-corrected chi connectivity index (χ3v) is 6.77. The van der Waals surface area contributed by atoms with Gasteiger partial charge in [-0.3, -0.25) is 14.5 Å². The molecule has 0 unspecified atom stereocenters. The monoisotopic (exact) mass is 438 g/mol. The molecule has 1 fully saturated rings. The Kier molecular flexibility index (Phi) is 6.44. The minimum Gasteiger partial charge on any atom is -0.307 e. The van der Waals surface area contributed by atoms with Crippen molar-refractivity contribution >= 4 is 45.7 Å². The van der Waals surface area contributed by atoms with Gasteiger partial charge in [0.1, 0.15) is 0 Å². The predicted molar refractivity (Wildman–Crippen MR) is 121 cm³/mol. The van der Waals surface area contributed by atoms with Crippen molar-refractivity contribution < 1.29 is 9.59 Å². The first-order valence-corrected chi connectivity index (χ1v) is 11.6. The molecule has 0 aliphatic heterocycles. The van der Waals surface area contributed by atoms with E-state index < -0.39 is 0 Å².